The summed E-state index contributed by atoms with van der Waals surface area (Å²) >= 11 is 0. The highest BCUT2D eigenvalue weighted by molar-refractivity contribution is 5.78. The van der Waals surface area contributed by atoms with Crippen molar-refractivity contribution in [1.82, 2.24) is 24.4 Å². The normalized spacial score (nSPS) is 21.2. The lowest BCUT2D eigenvalue weighted by atomic mass is 10.1. The lowest BCUT2D eigenvalue weighted by molar-refractivity contribution is -0.142. The van der Waals surface area contributed by atoms with E-state index in [0.717, 1.165) is 36.5 Å². The van der Waals surface area contributed by atoms with Crippen molar-refractivity contribution in [3.05, 3.63) is 29.2 Å². The third-order valence-corrected chi connectivity index (χ3v) is 6.36. The van der Waals surface area contributed by atoms with Gasteiger partial charge in [0.05, 0.1) is 12.2 Å². The summed E-state index contributed by atoms with van der Waals surface area (Å²) in [7, 11) is 0. The standard InChI is InChI=1S/C22H30F3N5O/c1-15(2)17-11-19(22(23,24)25)30-20(26-17)12-18(27-30)16-7-10-29(13-16)21(31)14-28-8-5-3-4-6-9-28/h11-12,15-16H,3-10,13-14H2,1-2H3/t16-/m0/s1. The Kier molecular flexibility index (Phi) is 6.23. The maximum absolute atomic E-state index is 13.6. The largest absolute Gasteiger partial charge is 0.433 e. The first-order chi connectivity index (χ1) is 14.7. The molecule has 1 amide bonds. The van der Waals surface area contributed by atoms with E-state index in [4.69, 9.17) is 0 Å². The van der Waals surface area contributed by atoms with E-state index in [9.17, 15) is 18.0 Å². The molecule has 1 atom stereocenters. The van der Waals surface area contributed by atoms with Crippen LogP contribution in [0.25, 0.3) is 5.65 Å². The predicted molar refractivity (Wildman–Crippen MR) is 111 cm³/mol. The number of carbonyl (C=O) groups is 1. The Morgan fingerprint density at radius 1 is 1.13 bits per heavy atom. The fourth-order valence-electron chi connectivity index (χ4n) is 4.52. The van der Waals surface area contributed by atoms with Gasteiger partial charge in [-0.2, -0.15) is 18.3 Å². The maximum Gasteiger partial charge on any atom is 0.433 e. The van der Waals surface area contributed by atoms with Crippen molar-refractivity contribution in [3.63, 3.8) is 0 Å². The first-order valence-electron chi connectivity index (χ1n) is 11.2. The number of halogens is 3. The predicted octanol–water partition coefficient (Wildman–Crippen LogP) is 4.06. The first-order valence-corrected chi connectivity index (χ1v) is 11.2. The van der Waals surface area contributed by atoms with E-state index in [1.807, 2.05) is 18.7 Å². The number of aromatic nitrogens is 3. The van der Waals surface area contributed by atoms with Gasteiger partial charge in [-0.05, 0) is 44.3 Å². The summed E-state index contributed by atoms with van der Waals surface area (Å²) in [4.78, 5) is 21.2. The van der Waals surface area contributed by atoms with Gasteiger partial charge in [-0.1, -0.05) is 26.7 Å². The molecule has 2 fully saturated rings. The average molecular weight is 438 g/mol. The van der Waals surface area contributed by atoms with Crippen molar-refractivity contribution in [2.24, 2.45) is 0 Å². The molecule has 2 aromatic heterocycles. The Balaban J connectivity index is 1.51. The van der Waals surface area contributed by atoms with E-state index in [0.29, 0.717) is 37.4 Å². The van der Waals surface area contributed by atoms with E-state index in [2.05, 4.69) is 15.0 Å². The van der Waals surface area contributed by atoms with Crippen LogP contribution in [0.15, 0.2) is 12.1 Å². The second kappa shape index (κ2) is 8.76. The van der Waals surface area contributed by atoms with E-state index >= 15 is 0 Å². The molecular formula is C22H30F3N5O. The highest BCUT2D eigenvalue weighted by Crippen LogP contribution is 2.33. The van der Waals surface area contributed by atoms with Gasteiger partial charge >= 0.3 is 6.18 Å². The number of amides is 1. The summed E-state index contributed by atoms with van der Waals surface area (Å²) in [6.45, 7) is 7.09. The fourth-order valence-corrected chi connectivity index (χ4v) is 4.52. The minimum atomic E-state index is -4.51. The molecule has 0 N–H and O–H groups in total. The minimum Gasteiger partial charge on any atom is -0.341 e. The van der Waals surface area contributed by atoms with Crippen molar-refractivity contribution in [2.75, 3.05) is 32.7 Å². The number of fused-ring (bicyclic) bond motifs is 1. The molecule has 4 rings (SSSR count). The van der Waals surface area contributed by atoms with Crippen LogP contribution in [-0.4, -0.2) is 63.0 Å². The molecule has 31 heavy (non-hydrogen) atoms. The van der Waals surface area contributed by atoms with Gasteiger partial charge in [-0.3, -0.25) is 9.69 Å². The smallest absolute Gasteiger partial charge is 0.341 e. The molecule has 0 aliphatic carbocycles. The van der Waals surface area contributed by atoms with Gasteiger partial charge in [-0.25, -0.2) is 9.50 Å². The molecule has 2 aliphatic rings. The topological polar surface area (TPSA) is 53.7 Å². The van der Waals surface area contributed by atoms with Crippen molar-refractivity contribution >= 4 is 11.6 Å². The van der Waals surface area contributed by atoms with Gasteiger partial charge < -0.3 is 4.90 Å². The van der Waals surface area contributed by atoms with Gasteiger partial charge in [0, 0.05) is 30.8 Å². The van der Waals surface area contributed by atoms with Gasteiger partial charge in [0.15, 0.2) is 5.65 Å². The molecule has 0 unspecified atom stereocenters. The Morgan fingerprint density at radius 3 is 2.48 bits per heavy atom. The molecule has 4 heterocycles. The Labute approximate surface area is 180 Å². The summed E-state index contributed by atoms with van der Waals surface area (Å²) in [6, 6.07) is 2.73. The number of nitrogens with zero attached hydrogens (tertiary/aromatic N) is 5. The molecule has 0 radical (unpaired) electrons. The number of hydrogen-bond acceptors (Lipinski definition) is 4. The van der Waals surface area contributed by atoms with Crippen LogP contribution in [0.1, 0.15) is 74.9 Å². The second-order valence-electron chi connectivity index (χ2n) is 9.07. The van der Waals surface area contributed by atoms with E-state index in [-0.39, 0.29) is 23.4 Å². The monoisotopic (exact) mass is 437 g/mol. The zero-order chi connectivity index (χ0) is 22.2. The Hall–Kier alpha value is -2.16. The molecule has 2 aliphatic heterocycles. The van der Waals surface area contributed by atoms with Crippen LogP contribution in [-0.2, 0) is 11.0 Å². The molecule has 0 saturated carbocycles. The molecule has 6 nitrogen and oxygen atoms in total. The van der Waals surface area contributed by atoms with Gasteiger partial charge in [-0.15, -0.1) is 0 Å². The molecule has 0 bridgehead atoms. The van der Waals surface area contributed by atoms with E-state index < -0.39 is 11.9 Å². The van der Waals surface area contributed by atoms with Gasteiger partial charge in [0.25, 0.3) is 0 Å². The summed E-state index contributed by atoms with van der Waals surface area (Å²) < 4.78 is 41.8. The fraction of sp³-hybridized carbons (Fsp3) is 0.682. The third kappa shape index (κ3) is 4.86. The quantitative estimate of drug-likeness (QED) is 0.724. The van der Waals surface area contributed by atoms with E-state index in [1.54, 1.807) is 6.07 Å². The lowest BCUT2D eigenvalue weighted by Gasteiger charge is -2.23. The molecule has 2 saturated heterocycles. The van der Waals surface area contributed by atoms with Crippen molar-refractivity contribution < 1.29 is 18.0 Å². The summed E-state index contributed by atoms with van der Waals surface area (Å²) in [5.41, 5.74) is 0.373. The molecular weight excluding hydrogens is 407 g/mol. The van der Waals surface area contributed by atoms with Crippen LogP contribution in [0, 0.1) is 0 Å². The minimum absolute atomic E-state index is 0.0710. The van der Waals surface area contributed by atoms with Crippen molar-refractivity contribution in [3.8, 4) is 0 Å². The number of likely N-dealkylation sites (tertiary alicyclic amines) is 2. The number of carbonyl (C=O) groups excluding carboxylic acids is 1. The zero-order valence-electron chi connectivity index (χ0n) is 18.2. The SMILES string of the molecule is CC(C)c1cc(C(F)(F)F)n2nc([C@H]3CCN(C(=O)CN4CCCCCC4)C3)cc2n1. The average Bonchev–Trinajstić information content (AvgIpc) is 3.28. The maximum atomic E-state index is 13.6. The van der Waals surface area contributed by atoms with Crippen molar-refractivity contribution in [2.45, 2.75) is 64.0 Å². The second-order valence-corrected chi connectivity index (χ2v) is 9.07. The Bertz CT molecular complexity index is 931. The molecule has 0 aromatic carbocycles. The molecule has 2 aromatic rings. The first kappa shape index (κ1) is 22.0. The molecule has 170 valence electrons. The number of hydrogen-bond donors (Lipinski definition) is 0. The molecule has 9 heteroatoms. The third-order valence-electron chi connectivity index (χ3n) is 6.36. The number of rotatable bonds is 4. The van der Waals surface area contributed by atoms with Gasteiger partial charge in [0.2, 0.25) is 5.91 Å². The van der Waals surface area contributed by atoms with Crippen LogP contribution in [0.3, 0.4) is 0 Å². The summed E-state index contributed by atoms with van der Waals surface area (Å²) in [5, 5.41) is 4.27. The lowest BCUT2D eigenvalue weighted by Crippen LogP contribution is -2.39. The summed E-state index contributed by atoms with van der Waals surface area (Å²) in [6.07, 6.45) is 0.884. The van der Waals surface area contributed by atoms with E-state index in [1.165, 1.54) is 12.8 Å². The van der Waals surface area contributed by atoms with Crippen molar-refractivity contribution in [1.29, 1.82) is 0 Å². The Morgan fingerprint density at radius 2 is 1.84 bits per heavy atom. The summed E-state index contributed by atoms with van der Waals surface area (Å²) in [5.74, 6) is -0.0919. The van der Waals surface area contributed by atoms with Crippen LogP contribution in [0.4, 0.5) is 13.2 Å². The van der Waals surface area contributed by atoms with Crippen LogP contribution >= 0.6 is 0 Å². The number of alkyl halides is 3. The highest BCUT2D eigenvalue weighted by atomic mass is 19.4. The van der Waals surface area contributed by atoms with Crippen LogP contribution in [0.5, 0.6) is 0 Å². The van der Waals surface area contributed by atoms with Gasteiger partial charge in [0.1, 0.15) is 5.69 Å². The highest BCUT2D eigenvalue weighted by Gasteiger charge is 2.36. The zero-order valence-corrected chi connectivity index (χ0v) is 18.2. The molecule has 0 spiro atoms. The van der Waals surface area contributed by atoms with Crippen LogP contribution in [0.2, 0.25) is 0 Å². The van der Waals surface area contributed by atoms with Crippen LogP contribution < -0.4 is 0 Å².